The molecule has 0 saturated carbocycles. The predicted molar refractivity (Wildman–Crippen MR) is 98.2 cm³/mol. The normalized spacial score (nSPS) is 12.0. The van der Waals surface area contributed by atoms with Crippen molar-refractivity contribution in [2.75, 3.05) is 51.6 Å². The lowest BCUT2D eigenvalue weighted by Crippen LogP contribution is -2.14. The molecule has 0 aromatic heterocycles. The van der Waals surface area contributed by atoms with Crippen molar-refractivity contribution in [3.63, 3.8) is 0 Å². The van der Waals surface area contributed by atoms with Crippen molar-refractivity contribution in [3.8, 4) is 5.75 Å². The van der Waals surface area contributed by atoms with Crippen molar-refractivity contribution in [1.29, 1.82) is 0 Å². The second-order valence-corrected chi connectivity index (χ2v) is 5.87. The number of hydrogen-bond acceptors (Lipinski definition) is 5. The molecular formula is C19H31NO5. The van der Waals surface area contributed by atoms with Crippen LogP contribution in [0.25, 0.3) is 0 Å². The van der Waals surface area contributed by atoms with Gasteiger partial charge in [0.05, 0.1) is 33.0 Å². The molecule has 0 radical (unpaired) electrons. The molecule has 1 atom stereocenters. The number of anilines is 1. The number of benzene rings is 1. The fraction of sp³-hybridized carbons (Fsp3) is 0.632. The molecule has 1 aromatic carbocycles. The van der Waals surface area contributed by atoms with E-state index in [4.69, 9.17) is 18.9 Å². The third kappa shape index (κ3) is 11.5. The summed E-state index contributed by atoms with van der Waals surface area (Å²) in [5, 5.41) is 2.71. The summed E-state index contributed by atoms with van der Waals surface area (Å²) in [6.07, 6.45) is 1.14. The van der Waals surface area contributed by atoms with Gasteiger partial charge in [-0.15, -0.1) is 0 Å². The Morgan fingerprint density at radius 1 is 0.960 bits per heavy atom. The smallest absolute Gasteiger partial charge is 0.221 e. The zero-order valence-electron chi connectivity index (χ0n) is 15.6. The van der Waals surface area contributed by atoms with E-state index >= 15 is 0 Å². The van der Waals surface area contributed by atoms with Crippen LogP contribution in [-0.4, -0.2) is 52.2 Å². The van der Waals surface area contributed by atoms with E-state index in [1.54, 1.807) is 12.1 Å². The molecule has 6 nitrogen and oxygen atoms in total. The zero-order valence-corrected chi connectivity index (χ0v) is 15.6. The van der Waals surface area contributed by atoms with Gasteiger partial charge in [0.15, 0.2) is 0 Å². The van der Waals surface area contributed by atoms with Crippen LogP contribution < -0.4 is 10.1 Å². The number of rotatable bonds is 14. The fourth-order valence-electron chi connectivity index (χ4n) is 1.90. The Morgan fingerprint density at radius 2 is 1.52 bits per heavy atom. The average Bonchev–Trinajstić information content (AvgIpc) is 2.60. The molecule has 0 bridgehead atoms. The minimum Gasteiger partial charge on any atom is -0.491 e. The van der Waals surface area contributed by atoms with Crippen LogP contribution in [0.2, 0.25) is 0 Å². The van der Waals surface area contributed by atoms with Gasteiger partial charge in [0.2, 0.25) is 5.91 Å². The van der Waals surface area contributed by atoms with Gasteiger partial charge < -0.3 is 24.3 Å². The van der Waals surface area contributed by atoms with Crippen LogP contribution in [0, 0.1) is 5.92 Å². The topological polar surface area (TPSA) is 66.0 Å². The van der Waals surface area contributed by atoms with Gasteiger partial charge in [0, 0.05) is 19.2 Å². The Labute approximate surface area is 150 Å². The summed E-state index contributed by atoms with van der Waals surface area (Å²) in [5.74, 6) is 1.25. The van der Waals surface area contributed by atoms with Crippen LogP contribution in [0.1, 0.15) is 27.2 Å². The highest BCUT2D eigenvalue weighted by atomic mass is 16.6. The molecule has 0 heterocycles. The molecule has 0 saturated heterocycles. The zero-order chi connectivity index (χ0) is 18.3. The first kappa shape index (κ1) is 21.4. The van der Waals surface area contributed by atoms with Crippen molar-refractivity contribution in [2.45, 2.75) is 27.2 Å². The standard InChI is InChI=1S/C19H31NO5/c1-4-16(2)15-24-12-11-22-9-10-23-13-14-25-19-7-5-18(6-8-19)20-17(3)21/h5-8,16H,4,9-15H2,1-3H3,(H,20,21). The maximum absolute atomic E-state index is 10.9. The summed E-state index contributed by atoms with van der Waals surface area (Å²) in [5.41, 5.74) is 0.751. The van der Waals surface area contributed by atoms with E-state index in [9.17, 15) is 4.79 Å². The SMILES string of the molecule is CCC(C)COCCOCCOCCOc1ccc(NC(C)=O)cc1. The second-order valence-electron chi connectivity index (χ2n) is 5.87. The van der Waals surface area contributed by atoms with E-state index in [2.05, 4.69) is 19.2 Å². The van der Waals surface area contributed by atoms with Crippen molar-refractivity contribution in [2.24, 2.45) is 5.92 Å². The van der Waals surface area contributed by atoms with Gasteiger partial charge in [-0.1, -0.05) is 20.3 Å². The Kier molecular flexibility index (Phi) is 11.7. The highest BCUT2D eigenvalue weighted by Gasteiger charge is 1.99. The van der Waals surface area contributed by atoms with E-state index in [-0.39, 0.29) is 5.91 Å². The van der Waals surface area contributed by atoms with Crippen molar-refractivity contribution < 1.29 is 23.7 Å². The molecule has 142 valence electrons. The van der Waals surface area contributed by atoms with Gasteiger partial charge >= 0.3 is 0 Å². The number of ether oxygens (including phenoxy) is 4. The maximum Gasteiger partial charge on any atom is 0.221 e. The first-order chi connectivity index (χ1) is 12.1. The Hall–Kier alpha value is -1.63. The molecule has 1 N–H and O–H groups in total. The number of carbonyl (C=O) groups is 1. The van der Waals surface area contributed by atoms with Gasteiger partial charge in [-0.25, -0.2) is 0 Å². The molecule has 1 unspecified atom stereocenters. The molecule has 25 heavy (non-hydrogen) atoms. The molecular weight excluding hydrogens is 322 g/mol. The van der Waals surface area contributed by atoms with Crippen LogP contribution >= 0.6 is 0 Å². The summed E-state index contributed by atoms with van der Waals surface area (Å²) in [7, 11) is 0. The third-order valence-corrected chi connectivity index (χ3v) is 3.51. The van der Waals surface area contributed by atoms with Gasteiger partial charge in [-0.3, -0.25) is 4.79 Å². The number of hydrogen-bond donors (Lipinski definition) is 1. The lowest BCUT2D eigenvalue weighted by atomic mass is 10.1. The van der Waals surface area contributed by atoms with Gasteiger partial charge in [-0.05, 0) is 30.2 Å². The summed E-state index contributed by atoms with van der Waals surface area (Å²) in [6, 6.07) is 7.23. The minimum absolute atomic E-state index is 0.0913. The number of amides is 1. The van der Waals surface area contributed by atoms with Crippen LogP contribution in [-0.2, 0) is 19.0 Å². The van der Waals surface area contributed by atoms with E-state index in [1.165, 1.54) is 6.92 Å². The number of carbonyl (C=O) groups excluding carboxylic acids is 1. The molecule has 0 aliphatic rings. The lowest BCUT2D eigenvalue weighted by molar-refractivity contribution is -0.114. The Bertz CT molecular complexity index is 463. The quantitative estimate of drug-likeness (QED) is 0.521. The Balaban J connectivity index is 1.92. The van der Waals surface area contributed by atoms with Crippen LogP contribution in [0.5, 0.6) is 5.75 Å². The summed E-state index contributed by atoms with van der Waals surface area (Å²) >= 11 is 0. The van der Waals surface area contributed by atoms with E-state index in [0.717, 1.165) is 24.5 Å². The first-order valence-electron chi connectivity index (χ1n) is 8.85. The highest BCUT2D eigenvalue weighted by molar-refractivity contribution is 5.88. The molecule has 0 spiro atoms. The monoisotopic (exact) mass is 353 g/mol. The fourth-order valence-corrected chi connectivity index (χ4v) is 1.90. The molecule has 1 rings (SSSR count). The third-order valence-electron chi connectivity index (χ3n) is 3.51. The molecule has 1 aromatic rings. The number of nitrogens with one attached hydrogen (secondary N) is 1. The summed E-state index contributed by atoms with van der Waals surface area (Å²) in [4.78, 5) is 10.9. The van der Waals surface area contributed by atoms with E-state index in [1.807, 2.05) is 12.1 Å². The summed E-state index contributed by atoms with van der Waals surface area (Å²) < 4.78 is 21.9. The van der Waals surface area contributed by atoms with Crippen LogP contribution in [0.4, 0.5) is 5.69 Å². The maximum atomic E-state index is 10.9. The molecule has 0 aliphatic heterocycles. The van der Waals surface area contributed by atoms with Gasteiger partial charge in [0.1, 0.15) is 12.4 Å². The van der Waals surface area contributed by atoms with Crippen LogP contribution in [0.3, 0.4) is 0 Å². The molecule has 0 aliphatic carbocycles. The molecule has 1 amide bonds. The van der Waals surface area contributed by atoms with E-state index in [0.29, 0.717) is 45.6 Å². The lowest BCUT2D eigenvalue weighted by Gasteiger charge is -2.10. The largest absolute Gasteiger partial charge is 0.491 e. The van der Waals surface area contributed by atoms with Crippen molar-refractivity contribution >= 4 is 11.6 Å². The van der Waals surface area contributed by atoms with Gasteiger partial charge in [-0.2, -0.15) is 0 Å². The molecule has 0 fully saturated rings. The van der Waals surface area contributed by atoms with Crippen molar-refractivity contribution in [3.05, 3.63) is 24.3 Å². The van der Waals surface area contributed by atoms with Crippen LogP contribution in [0.15, 0.2) is 24.3 Å². The predicted octanol–water partition coefficient (Wildman–Crippen LogP) is 3.12. The second kappa shape index (κ2) is 13.6. The minimum atomic E-state index is -0.0913. The average molecular weight is 353 g/mol. The Morgan fingerprint density at radius 3 is 2.08 bits per heavy atom. The first-order valence-corrected chi connectivity index (χ1v) is 8.85. The summed E-state index contributed by atoms with van der Waals surface area (Å²) in [6.45, 7) is 9.89. The van der Waals surface area contributed by atoms with E-state index < -0.39 is 0 Å². The van der Waals surface area contributed by atoms with Crippen molar-refractivity contribution in [1.82, 2.24) is 0 Å². The molecule has 6 heteroatoms. The van der Waals surface area contributed by atoms with Gasteiger partial charge in [0.25, 0.3) is 0 Å². The highest BCUT2D eigenvalue weighted by Crippen LogP contribution is 2.15.